The van der Waals surface area contributed by atoms with Crippen molar-refractivity contribution in [3.63, 3.8) is 0 Å². The first-order valence-electron chi connectivity index (χ1n) is 7.52. The number of hydrogen-bond acceptors (Lipinski definition) is 2. The van der Waals surface area contributed by atoms with Gasteiger partial charge in [0.25, 0.3) is 0 Å². The van der Waals surface area contributed by atoms with Crippen molar-refractivity contribution in [2.24, 2.45) is 0 Å². The number of benzene rings is 2. The van der Waals surface area contributed by atoms with Crippen molar-refractivity contribution in [3.05, 3.63) is 66.0 Å². The summed E-state index contributed by atoms with van der Waals surface area (Å²) in [6, 6.07) is 19.1. The van der Waals surface area contributed by atoms with E-state index in [1.165, 1.54) is 11.1 Å². The van der Waals surface area contributed by atoms with Gasteiger partial charge in [0, 0.05) is 12.6 Å². The van der Waals surface area contributed by atoms with Crippen molar-refractivity contribution in [2.75, 3.05) is 0 Å². The van der Waals surface area contributed by atoms with Gasteiger partial charge in [-0.1, -0.05) is 42.5 Å². The fourth-order valence-corrected chi connectivity index (χ4v) is 2.72. The third kappa shape index (κ3) is 2.83. The summed E-state index contributed by atoms with van der Waals surface area (Å²) in [6.45, 7) is 6.07. The van der Waals surface area contributed by atoms with Crippen molar-refractivity contribution in [2.45, 2.75) is 33.0 Å². The van der Waals surface area contributed by atoms with E-state index in [1.807, 2.05) is 12.1 Å². The first-order chi connectivity index (χ1) is 10.3. The maximum atomic E-state index is 4.75. The van der Waals surface area contributed by atoms with E-state index in [1.54, 1.807) is 0 Å². The fourth-order valence-electron chi connectivity index (χ4n) is 2.72. The third-order valence-corrected chi connectivity index (χ3v) is 3.92. The van der Waals surface area contributed by atoms with Gasteiger partial charge in [-0.05, 0) is 31.5 Å². The lowest BCUT2D eigenvalue weighted by Crippen LogP contribution is -2.20. The van der Waals surface area contributed by atoms with Crippen LogP contribution in [0.4, 0.5) is 0 Å². The van der Waals surface area contributed by atoms with E-state index in [9.17, 15) is 0 Å². The highest BCUT2D eigenvalue weighted by molar-refractivity contribution is 5.75. The predicted molar refractivity (Wildman–Crippen MR) is 87.1 cm³/mol. The highest BCUT2D eigenvalue weighted by Crippen LogP contribution is 2.17. The molecule has 3 aromatic rings. The van der Waals surface area contributed by atoms with Crippen LogP contribution in [-0.2, 0) is 13.1 Å². The molecule has 0 bridgehead atoms. The first kappa shape index (κ1) is 13.8. The molecule has 1 N–H and O–H groups in total. The van der Waals surface area contributed by atoms with Crippen LogP contribution < -0.4 is 5.32 Å². The third-order valence-electron chi connectivity index (χ3n) is 3.92. The molecule has 0 spiro atoms. The molecule has 0 aliphatic rings. The van der Waals surface area contributed by atoms with Crippen LogP contribution in [0.3, 0.4) is 0 Å². The molecular formula is C18H21N3. The Morgan fingerprint density at radius 1 is 1.05 bits per heavy atom. The number of fused-ring (bicyclic) bond motifs is 1. The molecule has 108 valence electrons. The van der Waals surface area contributed by atoms with Gasteiger partial charge in [-0.2, -0.15) is 0 Å². The van der Waals surface area contributed by atoms with Gasteiger partial charge < -0.3 is 9.88 Å². The first-order valence-corrected chi connectivity index (χ1v) is 7.52. The SMILES string of the molecule is CCn1c(CN[C@@H](C)c2ccccc2)nc2ccccc21. The number of imidazole rings is 1. The van der Waals surface area contributed by atoms with E-state index in [0.717, 1.165) is 24.4 Å². The van der Waals surface area contributed by atoms with E-state index in [2.05, 4.69) is 66.2 Å². The van der Waals surface area contributed by atoms with Gasteiger partial charge in [0.2, 0.25) is 0 Å². The second kappa shape index (κ2) is 6.10. The van der Waals surface area contributed by atoms with Crippen LogP contribution in [0.15, 0.2) is 54.6 Å². The normalized spacial score (nSPS) is 12.7. The molecule has 3 rings (SSSR count). The van der Waals surface area contributed by atoms with Crippen molar-refractivity contribution < 1.29 is 0 Å². The minimum Gasteiger partial charge on any atom is -0.327 e. The molecule has 2 aromatic carbocycles. The summed E-state index contributed by atoms with van der Waals surface area (Å²) in [6.07, 6.45) is 0. The Balaban J connectivity index is 1.79. The summed E-state index contributed by atoms with van der Waals surface area (Å²) in [5.74, 6) is 1.10. The standard InChI is InChI=1S/C18H21N3/c1-3-21-17-12-8-7-11-16(17)20-18(21)13-19-14(2)15-9-5-4-6-10-15/h4-12,14,19H,3,13H2,1-2H3/t14-/m0/s1. The van der Waals surface area contributed by atoms with Crippen molar-refractivity contribution in [1.29, 1.82) is 0 Å². The lowest BCUT2D eigenvalue weighted by Gasteiger charge is -2.14. The molecule has 3 nitrogen and oxygen atoms in total. The fraction of sp³-hybridized carbons (Fsp3) is 0.278. The lowest BCUT2D eigenvalue weighted by atomic mass is 10.1. The molecular weight excluding hydrogens is 258 g/mol. The van der Waals surface area contributed by atoms with Crippen LogP contribution in [-0.4, -0.2) is 9.55 Å². The van der Waals surface area contributed by atoms with Gasteiger partial charge in [0.15, 0.2) is 0 Å². The quantitative estimate of drug-likeness (QED) is 0.767. The average molecular weight is 279 g/mol. The zero-order chi connectivity index (χ0) is 14.7. The number of hydrogen-bond donors (Lipinski definition) is 1. The molecule has 21 heavy (non-hydrogen) atoms. The molecule has 1 heterocycles. The lowest BCUT2D eigenvalue weighted by molar-refractivity contribution is 0.543. The van der Waals surface area contributed by atoms with Gasteiger partial charge in [-0.25, -0.2) is 4.98 Å². The number of aromatic nitrogens is 2. The highest BCUT2D eigenvalue weighted by Gasteiger charge is 2.10. The number of rotatable bonds is 5. The van der Waals surface area contributed by atoms with Crippen LogP contribution in [0.2, 0.25) is 0 Å². The monoisotopic (exact) mass is 279 g/mol. The molecule has 3 heteroatoms. The van der Waals surface area contributed by atoms with Crippen molar-refractivity contribution in [3.8, 4) is 0 Å². The summed E-state index contributed by atoms with van der Waals surface area (Å²) in [5.41, 5.74) is 3.59. The molecule has 0 amide bonds. The van der Waals surface area contributed by atoms with Crippen LogP contribution in [0.25, 0.3) is 11.0 Å². The van der Waals surface area contributed by atoms with Crippen LogP contribution in [0, 0.1) is 0 Å². The van der Waals surface area contributed by atoms with Crippen molar-refractivity contribution >= 4 is 11.0 Å². The van der Waals surface area contributed by atoms with E-state index >= 15 is 0 Å². The van der Waals surface area contributed by atoms with E-state index < -0.39 is 0 Å². The second-order valence-corrected chi connectivity index (χ2v) is 5.27. The van der Waals surface area contributed by atoms with E-state index in [4.69, 9.17) is 4.98 Å². The molecule has 0 unspecified atom stereocenters. The average Bonchev–Trinajstić information content (AvgIpc) is 2.91. The Morgan fingerprint density at radius 3 is 2.52 bits per heavy atom. The summed E-state index contributed by atoms with van der Waals surface area (Å²) in [7, 11) is 0. The van der Waals surface area contributed by atoms with Gasteiger partial charge in [-0.15, -0.1) is 0 Å². The molecule has 0 fully saturated rings. The second-order valence-electron chi connectivity index (χ2n) is 5.27. The zero-order valence-corrected chi connectivity index (χ0v) is 12.6. The molecule has 0 saturated carbocycles. The zero-order valence-electron chi connectivity index (χ0n) is 12.6. The summed E-state index contributed by atoms with van der Waals surface area (Å²) in [4.78, 5) is 4.75. The predicted octanol–water partition coefficient (Wildman–Crippen LogP) is 3.91. The number of aryl methyl sites for hydroxylation is 1. The minimum absolute atomic E-state index is 0.316. The topological polar surface area (TPSA) is 29.9 Å². The summed E-state index contributed by atoms with van der Waals surface area (Å²) in [5, 5.41) is 3.57. The van der Waals surface area contributed by atoms with Crippen LogP contribution in [0.5, 0.6) is 0 Å². The minimum atomic E-state index is 0.316. The highest BCUT2D eigenvalue weighted by atomic mass is 15.1. The number of nitrogens with one attached hydrogen (secondary N) is 1. The Labute approximate surface area is 125 Å². The molecule has 0 radical (unpaired) electrons. The maximum Gasteiger partial charge on any atom is 0.123 e. The van der Waals surface area contributed by atoms with Crippen molar-refractivity contribution in [1.82, 2.24) is 14.9 Å². The number of nitrogens with zero attached hydrogens (tertiary/aromatic N) is 2. The Kier molecular flexibility index (Phi) is 4.02. The van der Waals surface area contributed by atoms with Crippen LogP contribution >= 0.6 is 0 Å². The molecule has 1 aromatic heterocycles. The van der Waals surface area contributed by atoms with Gasteiger partial charge >= 0.3 is 0 Å². The molecule has 1 atom stereocenters. The Bertz CT molecular complexity index is 716. The summed E-state index contributed by atoms with van der Waals surface area (Å²) < 4.78 is 2.28. The molecule has 0 saturated heterocycles. The number of para-hydroxylation sites is 2. The smallest absolute Gasteiger partial charge is 0.123 e. The molecule has 0 aliphatic heterocycles. The van der Waals surface area contributed by atoms with Gasteiger partial charge in [0.05, 0.1) is 17.6 Å². The largest absolute Gasteiger partial charge is 0.327 e. The summed E-state index contributed by atoms with van der Waals surface area (Å²) >= 11 is 0. The Morgan fingerprint density at radius 2 is 1.76 bits per heavy atom. The van der Waals surface area contributed by atoms with E-state index in [0.29, 0.717) is 6.04 Å². The van der Waals surface area contributed by atoms with Crippen LogP contribution in [0.1, 0.15) is 31.3 Å². The Hall–Kier alpha value is -2.13. The van der Waals surface area contributed by atoms with E-state index in [-0.39, 0.29) is 0 Å². The van der Waals surface area contributed by atoms with Gasteiger partial charge in [0.1, 0.15) is 5.82 Å². The maximum absolute atomic E-state index is 4.75. The molecule has 0 aliphatic carbocycles. The van der Waals surface area contributed by atoms with Gasteiger partial charge in [-0.3, -0.25) is 0 Å².